The topological polar surface area (TPSA) is 55.6 Å². The molecule has 0 bridgehead atoms. The Morgan fingerprint density at radius 1 is 1.55 bits per heavy atom. The first-order chi connectivity index (χ1) is 9.49. The van der Waals surface area contributed by atoms with Crippen LogP contribution in [0.1, 0.15) is 24.0 Å². The number of nitrogens with zero attached hydrogens (tertiary/aromatic N) is 1. The third kappa shape index (κ3) is 2.82. The van der Waals surface area contributed by atoms with E-state index in [1.54, 1.807) is 7.11 Å². The maximum atomic E-state index is 11.9. The van der Waals surface area contributed by atoms with E-state index in [4.69, 9.17) is 22.1 Å². The number of hydrogen-bond donors (Lipinski definition) is 1. The van der Waals surface area contributed by atoms with Gasteiger partial charge in [-0.1, -0.05) is 17.7 Å². The summed E-state index contributed by atoms with van der Waals surface area (Å²) in [6.07, 6.45) is 1.71. The molecule has 4 nitrogen and oxygen atoms in total. The molecule has 1 saturated heterocycles. The van der Waals surface area contributed by atoms with E-state index < -0.39 is 5.54 Å². The molecule has 110 valence electrons. The van der Waals surface area contributed by atoms with E-state index in [0.29, 0.717) is 13.2 Å². The summed E-state index contributed by atoms with van der Waals surface area (Å²) in [6, 6.07) is 5.83. The second-order valence-electron chi connectivity index (χ2n) is 5.42. The molecule has 2 rings (SSSR count). The van der Waals surface area contributed by atoms with Crippen LogP contribution in [0.2, 0.25) is 5.02 Å². The van der Waals surface area contributed by atoms with Crippen molar-refractivity contribution in [3.8, 4) is 0 Å². The van der Waals surface area contributed by atoms with Gasteiger partial charge in [-0.25, -0.2) is 0 Å². The molecule has 0 aromatic heterocycles. The molecule has 0 aliphatic carbocycles. The molecule has 1 aromatic carbocycles. The van der Waals surface area contributed by atoms with Gasteiger partial charge in [0.2, 0.25) is 5.91 Å². The van der Waals surface area contributed by atoms with E-state index in [-0.39, 0.29) is 5.91 Å². The first kappa shape index (κ1) is 15.3. The summed E-state index contributed by atoms with van der Waals surface area (Å²) in [5.41, 5.74) is 7.25. The van der Waals surface area contributed by atoms with Crippen LogP contribution in [-0.4, -0.2) is 36.6 Å². The molecule has 2 N–H and O–H groups in total. The molecule has 1 amide bonds. The number of ether oxygens (including phenoxy) is 1. The summed E-state index contributed by atoms with van der Waals surface area (Å²) < 4.78 is 5.24. The molecule has 1 heterocycles. The average Bonchev–Trinajstić information content (AvgIpc) is 2.77. The summed E-state index contributed by atoms with van der Waals surface area (Å²) >= 11 is 5.98. The van der Waals surface area contributed by atoms with Gasteiger partial charge >= 0.3 is 0 Å². The Hall–Kier alpha value is -1.10. The lowest BCUT2D eigenvalue weighted by molar-refractivity contribution is -0.132. The van der Waals surface area contributed by atoms with Crippen LogP contribution in [-0.2, 0) is 16.1 Å². The van der Waals surface area contributed by atoms with Crippen LogP contribution in [0, 0.1) is 6.92 Å². The first-order valence-corrected chi connectivity index (χ1v) is 7.16. The van der Waals surface area contributed by atoms with Crippen LogP contribution >= 0.6 is 11.6 Å². The smallest absolute Gasteiger partial charge is 0.240 e. The minimum Gasteiger partial charge on any atom is -0.382 e. The highest BCUT2D eigenvalue weighted by Crippen LogP contribution is 2.32. The van der Waals surface area contributed by atoms with Gasteiger partial charge in [0.1, 0.15) is 5.54 Å². The molecular weight excluding hydrogens is 276 g/mol. The number of amides is 1. The largest absolute Gasteiger partial charge is 0.382 e. The number of likely N-dealkylation sites (tertiary alicyclic amines) is 1. The van der Waals surface area contributed by atoms with Crippen molar-refractivity contribution in [1.82, 2.24) is 4.90 Å². The van der Waals surface area contributed by atoms with Crippen molar-refractivity contribution in [3.63, 3.8) is 0 Å². The van der Waals surface area contributed by atoms with Crippen LogP contribution in [0.5, 0.6) is 0 Å². The molecule has 20 heavy (non-hydrogen) atoms. The number of nitrogens with two attached hydrogens (primary N) is 1. The lowest BCUT2D eigenvalue weighted by Crippen LogP contribution is -2.56. The van der Waals surface area contributed by atoms with Gasteiger partial charge < -0.3 is 10.5 Å². The number of aryl methyl sites for hydroxylation is 1. The zero-order chi connectivity index (χ0) is 14.8. The van der Waals surface area contributed by atoms with Crippen LogP contribution < -0.4 is 5.73 Å². The summed E-state index contributed by atoms with van der Waals surface area (Å²) in [7, 11) is 1.61. The zero-order valence-corrected chi connectivity index (χ0v) is 12.7. The van der Waals surface area contributed by atoms with Gasteiger partial charge in [0.05, 0.1) is 6.61 Å². The monoisotopic (exact) mass is 296 g/mol. The van der Waals surface area contributed by atoms with Crippen LogP contribution in [0.4, 0.5) is 0 Å². The maximum absolute atomic E-state index is 11.9. The molecule has 1 fully saturated rings. The molecule has 0 spiro atoms. The molecule has 0 saturated carbocycles. The number of primary amides is 1. The maximum Gasteiger partial charge on any atom is 0.240 e. The van der Waals surface area contributed by atoms with Crippen molar-refractivity contribution in [3.05, 3.63) is 34.3 Å². The highest BCUT2D eigenvalue weighted by Gasteiger charge is 2.46. The third-order valence-corrected chi connectivity index (χ3v) is 4.37. The number of rotatable bonds is 5. The quantitative estimate of drug-likeness (QED) is 0.905. The van der Waals surface area contributed by atoms with E-state index in [0.717, 1.165) is 35.5 Å². The Labute approximate surface area is 124 Å². The van der Waals surface area contributed by atoms with E-state index in [1.807, 2.05) is 25.1 Å². The van der Waals surface area contributed by atoms with Crippen LogP contribution in [0.3, 0.4) is 0 Å². The molecule has 5 heteroatoms. The van der Waals surface area contributed by atoms with Crippen molar-refractivity contribution in [2.45, 2.75) is 31.8 Å². The van der Waals surface area contributed by atoms with Gasteiger partial charge in [-0.05, 0) is 49.6 Å². The van der Waals surface area contributed by atoms with Gasteiger partial charge in [-0.2, -0.15) is 0 Å². The van der Waals surface area contributed by atoms with Crippen molar-refractivity contribution >= 4 is 17.5 Å². The highest BCUT2D eigenvalue weighted by atomic mass is 35.5. The summed E-state index contributed by atoms with van der Waals surface area (Å²) in [5, 5.41) is 0.728. The minimum atomic E-state index is -0.680. The number of benzene rings is 1. The Morgan fingerprint density at radius 2 is 2.30 bits per heavy atom. The summed E-state index contributed by atoms with van der Waals surface area (Å²) in [4.78, 5) is 14.1. The van der Waals surface area contributed by atoms with E-state index >= 15 is 0 Å². The number of methoxy groups -OCH3 is 1. The number of carbonyl (C=O) groups is 1. The fraction of sp³-hybridized carbons (Fsp3) is 0.533. The number of hydrogen-bond acceptors (Lipinski definition) is 3. The standard InChI is InChI=1S/C15H21ClN2O2/c1-11-8-13(16)5-4-12(11)9-18-7-3-6-15(18,10-20-2)14(17)19/h4-5,8H,3,6-7,9-10H2,1-2H3,(H2,17,19). The molecule has 1 unspecified atom stereocenters. The van der Waals surface area contributed by atoms with Crippen molar-refractivity contribution in [1.29, 1.82) is 0 Å². The second kappa shape index (κ2) is 6.12. The number of halogens is 1. The SMILES string of the molecule is COCC1(C(N)=O)CCCN1Cc1ccc(Cl)cc1C. The Bertz CT molecular complexity index is 507. The fourth-order valence-electron chi connectivity index (χ4n) is 2.96. The van der Waals surface area contributed by atoms with Gasteiger partial charge in [0.25, 0.3) is 0 Å². The highest BCUT2D eigenvalue weighted by molar-refractivity contribution is 6.30. The van der Waals surface area contributed by atoms with E-state index in [9.17, 15) is 4.79 Å². The predicted molar refractivity (Wildman–Crippen MR) is 79.6 cm³/mol. The second-order valence-corrected chi connectivity index (χ2v) is 5.86. The number of carbonyl (C=O) groups excluding carboxylic acids is 1. The van der Waals surface area contributed by atoms with Crippen molar-refractivity contribution in [2.24, 2.45) is 5.73 Å². The van der Waals surface area contributed by atoms with Crippen LogP contribution in [0.25, 0.3) is 0 Å². The molecule has 1 atom stereocenters. The lowest BCUT2D eigenvalue weighted by atomic mass is 9.95. The predicted octanol–water partition coefficient (Wildman–Crippen LogP) is 2.11. The van der Waals surface area contributed by atoms with E-state index in [2.05, 4.69) is 4.90 Å². The molecule has 1 aliphatic heterocycles. The van der Waals surface area contributed by atoms with Crippen LogP contribution in [0.15, 0.2) is 18.2 Å². The Kier molecular flexibility index (Phi) is 4.68. The summed E-state index contributed by atoms with van der Waals surface area (Å²) in [6.45, 7) is 3.91. The van der Waals surface area contributed by atoms with E-state index in [1.165, 1.54) is 0 Å². The summed E-state index contributed by atoms with van der Waals surface area (Å²) in [5.74, 6) is -0.302. The molecule has 1 aliphatic rings. The van der Waals surface area contributed by atoms with Gasteiger partial charge in [0, 0.05) is 18.7 Å². The average molecular weight is 297 g/mol. The van der Waals surface area contributed by atoms with Gasteiger partial charge in [-0.15, -0.1) is 0 Å². The fourth-order valence-corrected chi connectivity index (χ4v) is 3.19. The van der Waals surface area contributed by atoms with Gasteiger partial charge in [0.15, 0.2) is 0 Å². The minimum absolute atomic E-state index is 0.302. The third-order valence-electron chi connectivity index (χ3n) is 4.13. The lowest BCUT2D eigenvalue weighted by Gasteiger charge is -2.35. The molecule has 0 radical (unpaired) electrons. The van der Waals surface area contributed by atoms with Crippen molar-refractivity contribution in [2.75, 3.05) is 20.3 Å². The first-order valence-electron chi connectivity index (χ1n) is 6.78. The zero-order valence-electron chi connectivity index (χ0n) is 12.0. The molecular formula is C15H21ClN2O2. The van der Waals surface area contributed by atoms with Crippen molar-refractivity contribution < 1.29 is 9.53 Å². The Morgan fingerprint density at radius 3 is 2.90 bits per heavy atom. The Balaban J connectivity index is 2.24. The normalized spacial score (nSPS) is 23.1. The molecule has 1 aromatic rings. The van der Waals surface area contributed by atoms with Gasteiger partial charge in [-0.3, -0.25) is 9.69 Å².